The summed E-state index contributed by atoms with van der Waals surface area (Å²) in [7, 11) is 0. The minimum Gasteiger partial charge on any atom is -0.389 e. The molecule has 0 atom stereocenters. The van der Waals surface area contributed by atoms with Gasteiger partial charge in [-0.3, -0.25) is 0 Å². The fourth-order valence-electron chi connectivity index (χ4n) is 2.07. The van der Waals surface area contributed by atoms with Crippen LogP contribution < -0.4 is 5.32 Å². The monoisotopic (exact) mass is 289 g/mol. The maximum absolute atomic E-state index is 10.1. The maximum Gasteiger partial charge on any atom is 0.0771 e. The Balaban J connectivity index is 1.75. The van der Waals surface area contributed by atoms with E-state index in [2.05, 4.69) is 32.7 Å². The van der Waals surface area contributed by atoms with Gasteiger partial charge in [-0.15, -0.1) is 11.3 Å². The third kappa shape index (κ3) is 3.28. The standard InChI is InChI=1S/C11H16BrNOS/c12-9-5-10(15-7-9)6-13-8-11(14)3-1-2-4-11/h5,7,13-14H,1-4,6,8H2. The van der Waals surface area contributed by atoms with E-state index in [9.17, 15) is 5.11 Å². The number of aliphatic hydroxyl groups is 1. The molecule has 0 amide bonds. The van der Waals surface area contributed by atoms with Crippen LogP contribution in [0.2, 0.25) is 0 Å². The van der Waals surface area contributed by atoms with E-state index in [1.54, 1.807) is 11.3 Å². The van der Waals surface area contributed by atoms with E-state index in [1.807, 2.05) is 0 Å². The Morgan fingerprint density at radius 3 is 2.80 bits per heavy atom. The summed E-state index contributed by atoms with van der Waals surface area (Å²) in [5.74, 6) is 0. The van der Waals surface area contributed by atoms with Crippen molar-refractivity contribution < 1.29 is 5.11 Å². The van der Waals surface area contributed by atoms with Crippen LogP contribution in [-0.4, -0.2) is 17.3 Å². The summed E-state index contributed by atoms with van der Waals surface area (Å²) in [5.41, 5.74) is -0.436. The van der Waals surface area contributed by atoms with Crippen LogP contribution in [0.3, 0.4) is 0 Å². The lowest BCUT2D eigenvalue weighted by molar-refractivity contribution is 0.0475. The van der Waals surface area contributed by atoms with Crippen molar-refractivity contribution in [3.8, 4) is 0 Å². The molecule has 1 aromatic rings. The van der Waals surface area contributed by atoms with E-state index in [4.69, 9.17) is 0 Å². The van der Waals surface area contributed by atoms with Crippen molar-refractivity contribution >= 4 is 27.3 Å². The van der Waals surface area contributed by atoms with Gasteiger partial charge in [-0.2, -0.15) is 0 Å². The molecule has 2 N–H and O–H groups in total. The van der Waals surface area contributed by atoms with Gasteiger partial charge in [0.2, 0.25) is 0 Å². The quantitative estimate of drug-likeness (QED) is 0.893. The molecule has 0 aliphatic heterocycles. The van der Waals surface area contributed by atoms with Crippen LogP contribution in [-0.2, 0) is 6.54 Å². The van der Waals surface area contributed by atoms with Crippen LogP contribution in [0, 0.1) is 0 Å². The van der Waals surface area contributed by atoms with Crippen LogP contribution >= 0.6 is 27.3 Å². The third-order valence-corrected chi connectivity index (χ3v) is 4.61. The van der Waals surface area contributed by atoms with E-state index in [1.165, 1.54) is 17.7 Å². The fourth-order valence-corrected chi connectivity index (χ4v) is 3.50. The number of rotatable bonds is 4. The Bertz CT molecular complexity index is 320. The minimum absolute atomic E-state index is 0.436. The lowest BCUT2D eigenvalue weighted by Crippen LogP contribution is -2.37. The van der Waals surface area contributed by atoms with Crippen LogP contribution in [0.4, 0.5) is 0 Å². The largest absolute Gasteiger partial charge is 0.389 e. The zero-order valence-corrected chi connectivity index (χ0v) is 11.0. The summed E-state index contributed by atoms with van der Waals surface area (Å²) in [6, 6.07) is 2.12. The van der Waals surface area contributed by atoms with Gasteiger partial charge in [-0.1, -0.05) is 12.8 Å². The molecule has 84 valence electrons. The van der Waals surface area contributed by atoms with Gasteiger partial charge in [0.15, 0.2) is 0 Å². The Morgan fingerprint density at radius 1 is 1.47 bits per heavy atom. The molecule has 15 heavy (non-hydrogen) atoms. The van der Waals surface area contributed by atoms with Crippen molar-refractivity contribution in [3.63, 3.8) is 0 Å². The molecule has 2 nitrogen and oxygen atoms in total. The van der Waals surface area contributed by atoms with Gasteiger partial charge < -0.3 is 10.4 Å². The molecular weight excluding hydrogens is 274 g/mol. The van der Waals surface area contributed by atoms with Gasteiger partial charge in [-0.05, 0) is 34.8 Å². The van der Waals surface area contributed by atoms with Crippen molar-refractivity contribution in [2.24, 2.45) is 0 Å². The van der Waals surface area contributed by atoms with Gasteiger partial charge in [0.05, 0.1) is 5.60 Å². The maximum atomic E-state index is 10.1. The summed E-state index contributed by atoms with van der Waals surface area (Å²) in [4.78, 5) is 1.31. The van der Waals surface area contributed by atoms with Crippen molar-refractivity contribution in [1.29, 1.82) is 0 Å². The van der Waals surface area contributed by atoms with E-state index < -0.39 is 5.60 Å². The minimum atomic E-state index is -0.436. The van der Waals surface area contributed by atoms with Crippen molar-refractivity contribution in [2.75, 3.05) is 6.54 Å². The molecule has 1 aromatic heterocycles. The number of thiophene rings is 1. The van der Waals surface area contributed by atoms with Crippen LogP contribution in [0.5, 0.6) is 0 Å². The molecule has 0 saturated heterocycles. The Morgan fingerprint density at radius 2 is 2.20 bits per heavy atom. The second-order valence-electron chi connectivity index (χ2n) is 4.27. The molecule has 1 saturated carbocycles. The van der Waals surface area contributed by atoms with E-state index in [0.29, 0.717) is 0 Å². The molecule has 1 aliphatic rings. The van der Waals surface area contributed by atoms with Gasteiger partial charge in [0.25, 0.3) is 0 Å². The second kappa shape index (κ2) is 4.95. The fraction of sp³-hybridized carbons (Fsp3) is 0.636. The van der Waals surface area contributed by atoms with E-state index in [0.717, 1.165) is 30.4 Å². The van der Waals surface area contributed by atoms with Crippen LogP contribution in [0.25, 0.3) is 0 Å². The van der Waals surface area contributed by atoms with Gasteiger partial charge in [0, 0.05) is 27.8 Å². The summed E-state index contributed by atoms with van der Waals surface area (Å²) in [6.07, 6.45) is 4.24. The molecule has 4 heteroatoms. The average Bonchev–Trinajstić information content (AvgIpc) is 2.76. The summed E-state index contributed by atoms with van der Waals surface area (Å²) in [6.45, 7) is 1.58. The van der Waals surface area contributed by atoms with Crippen molar-refractivity contribution in [3.05, 3.63) is 20.8 Å². The zero-order chi connectivity index (χ0) is 10.7. The normalized spacial score (nSPS) is 19.6. The molecule has 2 rings (SSSR count). The van der Waals surface area contributed by atoms with E-state index in [-0.39, 0.29) is 0 Å². The van der Waals surface area contributed by atoms with Crippen LogP contribution in [0.15, 0.2) is 15.9 Å². The molecule has 0 spiro atoms. The highest BCUT2D eigenvalue weighted by Crippen LogP contribution is 2.28. The zero-order valence-electron chi connectivity index (χ0n) is 8.63. The predicted molar refractivity (Wildman–Crippen MR) is 67.1 cm³/mol. The summed E-state index contributed by atoms with van der Waals surface area (Å²) in [5, 5.41) is 15.5. The summed E-state index contributed by atoms with van der Waals surface area (Å²) < 4.78 is 1.14. The lowest BCUT2D eigenvalue weighted by atomic mass is 10.0. The molecule has 0 radical (unpaired) electrons. The molecular formula is C11H16BrNOS. The first kappa shape index (κ1) is 11.6. The number of hydrogen-bond donors (Lipinski definition) is 2. The topological polar surface area (TPSA) is 32.3 Å². The second-order valence-corrected chi connectivity index (χ2v) is 6.18. The Kier molecular flexibility index (Phi) is 3.83. The Labute approximate surface area is 103 Å². The Hall–Kier alpha value is 0.1000. The van der Waals surface area contributed by atoms with Gasteiger partial charge in [-0.25, -0.2) is 0 Å². The first-order chi connectivity index (χ1) is 7.18. The molecule has 0 aromatic carbocycles. The lowest BCUT2D eigenvalue weighted by Gasteiger charge is -2.22. The van der Waals surface area contributed by atoms with Crippen LogP contribution in [0.1, 0.15) is 30.6 Å². The van der Waals surface area contributed by atoms with Crippen molar-refractivity contribution in [2.45, 2.75) is 37.8 Å². The van der Waals surface area contributed by atoms with Gasteiger partial charge in [0.1, 0.15) is 0 Å². The predicted octanol–water partition coefficient (Wildman–Crippen LogP) is 2.91. The highest BCUT2D eigenvalue weighted by Gasteiger charge is 2.30. The third-order valence-electron chi connectivity index (χ3n) is 2.91. The molecule has 1 fully saturated rings. The van der Waals surface area contributed by atoms with E-state index >= 15 is 0 Å². The smallest absolute Gasteiger partial charge is 0.0771 e. The molecule has 0 bridgehead atoms. The summed E-state index contributed by atoms with van der Waals surface area (Å²) >= 11 is 5.17. The molecule has 1 heterocycles. The number of nitrogens with one attached hydrogen (secondary N) is 1. The SMILES string of the molecule is OC1(CNCc2cc(Br)cs2)CCCC1. The highest BCUT2D eigenvalue weighted by molar-refractivity contribution is 9.10. The molecule has 1 aliphatic carbocycles. The number of halogens is 1. The average molecular weight is 290 g/mol. The highest BCUT2D eigenvalue weighted by atomic mass is 79.9. The first-order valence-electron chi connectivity index (χ1n) is 5.34. The number of hydrogen-bond acceptors (Lipinski definition) is 3. The van der Waals surface area contributed by atoms with Crippen molar-refractivity contribution in [1.82, 2.24) is 5.32 Å². The van der Waals surface area contributed by atoms with Gasteiger partial charge >= 0.3 is 0 Å². The first-order valence-corrected chi connectivity index (χ1v) is 7.01. The molecule has 0 unspecified atom stereocenters.